The van der Waals surface area contributed by atoms with E-state index in [1.807, 2.05) is 0 Å². The van der Waals surface area contributed by atoms with Crippen LogP contribution in [-0.4, -0.2) is 0 Å². The second kappa shape index (κ2) is 9.61. The SMILES string of the molecule is CCCCC1(C#N)CCCC(C2CCC([C@H]3CC[C@H](CC)CC3)CC2)C1. The highest BCUT2D eigenvalue weighted by Gasteiger charge is 2.40. The molecule has 0 saturated heterocycles. The van der Waals surface area contributed by atoms with Gasteiger partial charge in [-0.25, -0.2) is 0 Å². The molecule has 26 heavy (non-hydrogen) atoms. The molecule has 0 aromatic heterocycles. The van der Waals surface area contributed by atoms with E-state index in [9.17, 15) is 5.26 Å². The Bertz CT molecular complexity index is 447. The van der Waals surface area contributed by atoms with E-state index in [0.29, 0.717) is 0 Å². The van der Waals surface area contributed by atoms with Crippen LogP contribution in [0.4, 0.5) is 0 Å². The van der Waals surface area contributed by atoms with Crippen molar-refractivity contribution in [2.45, 2.75) is 117 Å². The molecule has 0 radical (unpaired) electrons. The third kappa shape index (κ3) is 4.85. The van der Waals surface area contributed by atoms with Gasteiger partial charge in [0, 0.05) is 0 Å². The molecule has 1 heteroatoms. The topological polar surface area (TPSA) is 23.8 Å². The summed E-state index contributed by atoms with van der Waals surface area (Å²) in [5.41, 5.74) is 0.0360. The van der Waals surface area contributed by atoms with Crippen molar-refractivity contribution in [2.75, 3.05) is 0 Å². The Morgan fingerprint density at radius 2 is 1.38 bits per heavy atom. The van der Waals surface area contributed by atoms with E-state index >= 15 is 0 Å². The molecule has 0 aromatic rings. The number of nitrogens with zero attached hydrogens (tertiary/aromatic N) is 1. The van der Waals surface area contributed by atoms with Crippen LogP contribution < -0.4 is 0 Å². The predicted octanol–water partition coefficient (Wildman–Crippen LogP) is 7.90. The van der Waals surface area contributed by atoms with Gasteiger partial charge in [-0.05, 0) is 87.4 Å². The molecule has 3 rings (SSSR count). The van der Waals surface area contributed by atoms with Crippen LogP contribution in [0, 0.1) is 46.3 Å². The minimum atomic E-state index is 0.0360. The molecule has 0 amide bonds. The summed E-state index contributed by atoms with van der Waals surface area (Å²) in [6.45, 7) is 4.64. The van der Waals surface area contributed by atoms with Gasteiger partial charge in [0.05, 0.1) is 11.5 Å². The van der Waals surface area contributed by atoms with Gasteiger partial charge >= 0.3 is 0 Å². The highest BCUT2D eigenvalue weighted by Crippen LogP contribution is 2.50. The van der Waals surface area contributed by atoms with Crippen molar-refractivity contribution in [1.29, 1.82) is 5.26 Å². The van der Waals surface area contributed by atoms with Crippen molar-refractivity contribution in [1.82, 2.24) is 0 Å². The van der Waals surface area contributed by atoms with Crippen molar-refractivity contribution in [3.8, 4) is 6.07 Å². The monoisotopic (exact) mass is 357 g/mol. The summed E-state index contributed by atoms with van der Waals surface area (Å²) in [7, 11) is 0. The van der Waals surface area contributed by atoms with Crippen molar-refractivity contribution in [3.05, 3.63) is 0 Å². The molecule has 0 bridgehead atoms. The summed E-state index contributed by atoms with van der Waals surface area (Å²) in [4.78, 5) is 0. The molecule has 1 nitrogen and oxygen atoms in total. The van der Waals surface area contributed by atoms with Crippen LogP contribution in [0.5, 0.6) is 0 Å². The quantitative estimate of drug-likeness (QED) is 0.474. The first-order valence-corrected chi connectivity index (χ1v) is 12.1. The maximum atomic E-state index is 9.89. The van der Waals surface area contributed by atoms with Crippen LogP contribution in [0.25, 0.3) is 0 Å². The largest absolute Gasteiger partial charge is 0.198 e. The first kappa shape index (κ1) is 20.2. The zero-order chi connectivity index (χ0) is 18.4. The molecule has 3 fully saturated rings. The Morgan fingerprint density at radius 1 is 0.808 bits per heavy atom. The standard InChI is InChI=1S/C25H43N/c1-3-5-16-25(19-26)17-6-7-24(18-25)23-14-12-22(13-15-23)21-10-8-20(4-2)9-11-21/h20-24H,3-18H2,1-2H3/t20-,21-,22?,23?,24?,25?. The van der Waals surface area contributed by atoms with Gasteiger partial charge < -0.3 is 0 Å². The molecule has 0 spiro atoms. The number of nitriles is 1. The molecule has 3 saturated carbocycles. The minimum absolute atomic E-state index is 0.0360. The smallest absolute Gasteiger partial charge is 0.0689 e. The van der Waals surface area contributed by atoms with Gasteiger partial charge in [-0.15, -0.1) is 0 Å². The summed E-state index contributed by atoms with van der Waals surface area (Å²) >= 11 is 0. The zero-order valence-corrected chi connectivity index (χ0v) is 17.6. The summed E-state index contributed by atoms with van der Waals surface area (Å²) < 4.78 is 0. The number of hydrogen-bond donors (Lipinski definition) is 0. The van der Waals surface area contributed by atoms with Gasteiger partial charge in [0.2, 0.25) is 0 Å². The molecule has 148 valence electrons. The lowest BCUT2D eigenvalue weighted by molar-refractivity contribution is 0.0819. The molecule has 2 unspecified atom stereocenters. The Hall–Kier alpha value is -0.510. The molecule has 0 aromatic carbocycles. The lowest BCUT2D eigenvalue weighted by Crippen LogP contribution is -2.34. The van der Waals surface area contributed by atoms with Crippen LogP contribution >= 0.6 is 0 Å². The van der Waals surface area contributed by atoms with Gasteiger partial charge in [-0.1, -0.05) is 58.8 Å². The van der Waals surface area contributed by atoms with E-state index in [4.69, 9.17) is 0 Å². The van der Waals surface area contributed by atoms with Gasteiger partial charge in [0.25, 0.3) is 0 Å². The lowest BCUT2D eigenvalue weighted by Gasteiger charge is -2.43. The Kier molecular flexibility index (Phi) is 7.48. The fourth-order valence-electron chi connectivity index (χ4n) is 6.87. The van der Waals surface area contributed by atoms with Crippen LogP contribution in [0.2, 0.25) is 0 Å². The molecule has 3 aliphatic carbocycles. The third-order valence-electron chi connectivity index (χ3n) is 8.75. The molecule has 2 atom stereocenters. The molecule has 3 aliphatic rings. The van der Waals surface area contributed by atoms with E-state index in [0.717, 1.165) is 36.0 Å². The van der Waals surface area contributed by atoms with Crippen molar-refractivity contribution in [2.24, 2.45) is 35.0 Å². The van der Waals surface area contributed by atoms with Gasteiger partial charge in [0.15, 0.2) is 0 Å². The fraction of sp³-hybridized carbons (Fsp3) is 0.960. The Balaban J connectivity index is 1.48. The van der Waals surface area contributed by atoms with E-state index in [1.54, 1.807) is 0 Å². The first-order valence-electron chi connectivity index (χ1n) is 12.1. The average Bonchev–Trinajstić information content (AvgIpc) is 2.72. The molecule has 0 aliphatic heterocycles. The highest BCUT2D eigenvalue weighted by atomic mass is 14.5. The second-order valence-corrected chi connectivity index (χ2v) is 10.2. The van der Waals surface area contributed by atoms with Gasteiger partial charge in [-0.3, -0.25) is 0 Å². The van der Waals surface area contributed by atoms with E-state index in [1.165, 1.54) is 96.3 Å². The van der Waals surface area contributed by atoms with Crippen LogP contribution in [-0.2, 0) is 0 Å². The highest BCUT2D eigenvalue weighted by molar-refractivity contribution is 5.03. The summed E-state index contributed by atoms with van der Waals surface area (Å²) in [6, 6.07) is 2.79. The maximum absolute atomic E-state index is 9.89. The fourth-order valence-corrected chi connectivity index (χ4v) is 6.87. The molecule has 0 N–H and O–H groups in total. The van der Waals surface area contributed by atoms with Crippen LogP contribution in [0.3, 0.4) is 0 Å². The summed E-state index contributed by atoms with van der Waals surface area (Å²) in [6.07, 6.45) is 22.1. The number of hydrogen-bond acceptors (Lipinski definition) is 1. The van der Waals surface area contributed by atoms with Crippen LogP contribution in [0.15, 0.2) is 0 Å². The van der Waals surface area contributed by atoms with Crippen LogP contribution in [0.1, 0.15) is 117 Å². The van der Waals surface area contributed by atoms with Crippen molar-refractivity contribution < 1.29 is 0 Å². The van der Waals surface area contributed by atoms with Gasteiger partial charge in [-0.2, -0.15) is 5.26 Å². The first-order chi connectivity index (χ1) is 12.7. The third-order valence-corrected chi connectivity index (χ3v) is 8.75. The number of rotatable bonds is 6. The Morgan fingerprint density at radius 3 is 1.92 bits per heavy atom. The van der Waals surface area contributed by atoms with E-state index < -0.39 is 0 Å². The zero-order valence-electron chi connectivity index (χ0n) is 17.6. The maximum Gasteiger partial charge on any atom is 0.0689 e. The van der Waals surface area contributed by atoms with E-state index in [2.05, 4.69) is 19.9 Å². The van der Waals surface area contributed by atoms with Crippen molar-refractivity contribution >= 4 is 0 Å². The summed E-state index contributed by atoms with van der Waals surface area (Å²) in [5.74, 6) is 4.92. The van der Waals surface area contributed by atoms with Crippen molar-refractivity contribution in [3.63, 3.8) is 0 Å². The molecule has 0 heterocycles. The second-order valence-electron chi connectivity index (χ2n) is 10.2. The summed E-state index contributed by atoms with van der Waals surface area (Å²) in [5, 5.41) is 9.89. The minimum Gasteiger partial charge on any atom is -0.198 e. The normalized spacial score (nSPS) is 41.5. The lowest BCUT2D eigenvalue weighted by atomic mass is 9.61. The Labute approximate surface area is 163 Å². The molecular formula is C25H43N. The molecular weight excluding hydrogens is 314 g/mol. The van der Waals surface area contributed by atoms with E-state index in [-0.39, 0.29) is 5.41 Å². The number of unbranched alkanes of at least 4 members (excludes halogenated alkanes) is 1. The predicted molar refractivity (Wildman–Crippen MR) is 111 cm³/mol. The average molecular weight is 358 g/mol. The van der Waals surface area contributed by atoms with Gasteiger partial charge in [0.1, 0.15) is 0 Å².